The lowest BCUT2D eigenvalue weighted by Crippen LogP contribution is -1.94. The molecule has 2 aromatic rings. The van der Waals surface area contributed by atoms with Crippen LogP contribution in [0.15, 0.2) is 72.8 Å². The zero-order valence-corrected chi connectivity index (χ0v) is 15.3. The van der Waals surface area contributed by atoms with E-state index in [9.17, 15) is 0 Å². The minimum Gasteiger partial charge on any atom is -0.100 e. The molecular formula is C24H30. The molecule has 0 fully saturated rings. The molecule has 0 saturated carbocycles. The van der Waals surface area contributed by atoms with Crippen molar-refractivity contribution in [3.8, 4) is 0 Å². The predicted octanol–water partition coefficient (Wildman–Crippen LogP) is 6.49. The normalized spacial score (nSPS) is 10.6. The van der Waals surface area contributed by atoms with Gasteiger partial charge in [0.15, 0.2) is 0 Å². The van der Waals surface area contributed by atoms with E-state index in [-0.39, 0.29) is 0 Å². The van der Waals surface area contributed by atoms with Gasteiger partial charge in [-0.25, -0.2) is 0 Å². The minimum atomic E-state index is 1.08. The molecule has 0 atom stereocenters. The van der Waals surface area contributed by atoms with Gasteiger partial charge in [-0.05, 0) is 74.6 Å². The first-order valence-corrected chi connectivity index (χ1v) is 8.97. The Morgan fingerprint density at radius 1 is 0.542 bits per heavy atom. The molecular weight excluding hydrogens is 288 g/mol. The van der Waals surface area contributed by atoms with Crippen LogP contribution in [0.4, 0.5) is 0 Å². The highest BCUT2D eigenvalue weighted by molar-refractivity contribution is 5.27. The monoisotopic (exact) mass is 318 g/mol. The second-order valence-electron chi connectivity index (χ2n) is 7.05. The first-order chi connectivity index (χ1) is 11.5. The van der Waals surface area contributed by atoms with Gasteiger partial charge < -0.3 is 0 Å². The fourth-order valence-electron chi connectivity index (χ4n) is 2.75. The molecule has 0 aliphatic heterocycles. The van der Waals surface area contributed by atoms with E-state index < -0.39 is 0 Å². The van der Waals surface area contributed by atoms with Crippen molar-refractivity contribution in [2.75, 3.05) is 0 Å². The summed E-state index contributed by atoms with van der Waals surface area (Å²) in [4.78, 5) is 0. The highest BCUT2D eigenvalue weighted by Gasteiger charge is 1.99. The molecule has 0 spiro atoms. The standard InChI is InChI=1S/C24H30/c1-19(2)5-7-21-9-13-23(14-10-21)17-18-24-15-11-22(12-16-24)8-6-20(3)4/h9-16H,1,3,5-8,17-18H2,2,4H3. The summed E-state index contributed by atoms with van der Waals surface area (Å²) in [6, 6.07) is 18.1. The molecule has 0 amide bonds. The topological polar surface area (TPSA) is 0 Å². The van der Waals surface area contributed by atoms with Crippen molar-refractivity contribution in [3.05, 3.63) is 95.1 Å². The second-order valence-corrected chi connectivity index (χ2v) is 7.05. The summed E-state index contributed by atoms with van der Waals surface area (Å²) in [5.41, 5.74) is 8.16. The molecule has 0 aliphatic carbocycles. The third kappa shape index (κ3) is 6.58. The van der Waals surface area contributed by atoms with Crippen molar-refractivity contribution in [1.29, 1.82) is 0 Å². The quantitative estimate of drug-likeness (QED) is 0.464. The van der Waals surface area contributed by atoms with Crippen LogP contribution in [0.25, 0.3) is 0 Å². The van der Waals surface area contributed by atoms with Gasteiger partial charge in [-0.1, -0.05) is 59.7 Å². The van der Waals surface area contributed by atoms with Gasteiger partial charge in [0, 0.05) is 0 Å². The first kappa shape index (κ1) is 18.3. The average Bonchev–Trinajstić information content (AvgIpc) is 2.58. The van der Waals surface area contributed by atoms with E-state index in [2.05, 4.69) is 75.5 Å². The lowest BCUT2D eigenvalue weighted by molar-refractivity contribution is 0.925. The lowest BCUT2D eigenvalue weighted by atomic mass is 9.99. The zero-order valence-electron chi connectivity index (χ0n) is 15.3. The van der Waals surface area contributed by atoms with Crippen LogP contribution in [0, 0.1) is 0 Å². The molecule has 0 N–H and O–H groups in total. The second kappa shape index (κ2) is 9.27. The molecule has 0 aromatic heterocycles. The Hall–Kier alpha value is -2.08. The zero-order chi connectivity index (χ0) is 17.4. The predicted molar refractivity (Wildman–Crippen MR) is 107 cm³/mol. The summed E-state index contributed by atoms with van der Waals surface area (Å²) < 4.78 is 0. The Balaban J connectivity index is 1.82. The van der Waals surface area contributed by atoms with E-state index in [1.165, 1.54) is 33.4 Å². The van der Waals surface area contributed by atoms with Crippen molar-refractivity contribution in [2.24, 2.45) is 0 Å². The number of hydrogen-bond donors (Lipinski definition) is 0. The van der Waals surface area contributed by atoms with Crippen LogP contribution in [0.1, 0.15) is 48.9 Å². The number of rotatable bonds is 9. The molecule has 2 aromatic carbocycles. The van der Waals surface area contributed by atoms with Crippen molar-refractivity contribution >= 4 is 0 Å². The maximum Gasteiger partial charge on any atom is -0.0238 e. The molecule has 0 heteroatoms. The van der Waals surface area contributed by atoms with Crippen molar-refractivity contribution in [3.63, 3.8) is 0 Å². The fraction of sp³-hybridized carbons (Fsp3) is 0.333. The SMILES string of the molecule is C=C(C)CCc1ccc(CCc2ccc(CCC(=C)C)cc2)cc1. The highest BCUT2D eigenvalue weighted by Crippen LogP contribution is 2.14. The minimum absolute atomic E-state index is 1.08. The molecule has 126 valence electrons. The van der Waals surface area contributed by atoms with Gasteiger partial charge in [0.25, 0.3) is 0 Å². The van der Waals surface area contributed by atoms with Gasteiger partial charge in [-0.15, -0.1) is 13.2 Å². The van der Waals surface area contributed by atoms with Crippen LogP contribution in [-0.2, 0) is 25.7 Å². The van der Waals surface area contributed by atoms with Crippen LogP contribution in [0.5, 0.6) is 0 Å². The van der Waals surface area contributed by atoms with E-state index in [0.29, 0.717) is 0 Å². The molecule has 0 heterocycles. The molecule has 0 radical (unpaired) electrons. The van der Waals surface area contributed by atoms with Gasteiger partial charge >= 0.3 is 0 Å². The van der Waals surface area contributed by atoms with E-state index >= 15 is 0 Å². The molecule has 24 heavy (non-hydrogen) atoms. The summed E-state index contributed by atoms with van der Waals surface area (Å²) in [7, 11) is 0. The van der Waals surface area contributed by atoms with Crippen LogP contribution >= 0.6 is 0 Å². The van der Waals surface area contributed by atoms with Gasteiger partial charge in [-0.3, -0.25) is 0 Å². The Morgan fingerprint density at radius 2 is 0.792 bits per heavy atom. The highest BCUT2D eigenvalue weighted by atomic mass is 14.0. The Labute approximate surface area is 147 Å². The van der Waals surface area contributed by atoms with E-state index in [1.807, 2.05) is 0 Å². The van der Waals surface area contributed by atoms with Crippen molar-refractivity contribution in [2.45, 2.75) is 52.4 Å². The number of allylic oxidation sites excluding steroid dienone is 2. The third-order valence-corrected chi connectivity index (χ3v) is 4.43. The fourth-order valence-corrected chi connectivity index (χ4v) is 2.75. The summed E-state index contributed by atoms with van der Waals surface area (Å²) >= 11 is 0. The van der Waals surface area contributed by atoms with E-state index in [0.717, 1.165) is 38.5 Å². The number of aryl methyl sites for hydroxylation is 4. The Kier molecular flexibility index (Phi) is 7.06. The van der Waals surface area contributed by atoms with Crippen molar-refractivity contribution < 1.29 is 0 Å². The summed E-state index contributed by atoms with van der Waals surface area (Å²) in [6.45, 7) is 12.1. The Morgan fingerprint density at radius 3 is 1.04 bits per heavy atom. The maximum atomic E-state index is 3.97. The average molecular weight is 319 g/mol. The first-order valence-electron chi connectivity index (χ1n) is 8.97. The maximum absolute atomic E-state index is 3.97. The van der Waals surface area contributed by atoms with Gasteiger partial charge in [0.05, 0.1) is 0 Å². The molecule has 0 nitrogen and oxygen atoms in total. The third-order valence-electron chi connectivity index (χ3n) is 4.43. The Bertz CT molecular complexity index is 595. The van der Waals surface area contributed by atoms with Gasteiger partial charge in [-0.2, -0.15) is 0 Å². The molecule has 0 bridgehead atoms. The van der Waals surface area contributed by atoms with E-state index in [1.54, 1.807) is 0 Å². The van der Waals surface area contributed by atoms with Crippen LogP contribution in [0.3, 0.4) is 0 Å². The molecule has 0 unspecified atom stereocenters. The van der Waals surface area contributed by atoms with Crippen LogP contribution in [-0.4, -0.2) is 0 Å². The van der Waals surface area contributed by atoms with Crippen LogP contribution in [0.2, 0.25) is 0 Å². The molecule has 0 saturated heterocycles. The smallest absolute Gasteiger partial charge is 0.0238 e. The molecule has 2 rings (SSSR count). The number of benzene rings is 2. The van der Waals surface area contributed by atoms with Gasteiger partial charge in [0.2, 0.25) is 0 Å². The summed E-state index contributed by atoms with van der Waals surface area (Å²) in [6.07, 6.45) is 6.56. The summed E-state index contributed by atoms with van der Waals surface area (Å²) in [5.74, 6) is 0. The lowest BCUT2D eigenvalue weighted by Gasteiger charge is -2.06. The largest absolute Gasteiger partial charge is 0.100 e. The summed E-state index contributed by atoms with van der Waals surface area (Å²) in [5, 5.41) is 0. The van der Waals surface area contributed by atoms with Gasteiger partial charge in [0.1, 0.15) is 0 Å². The van der Waals surface area contributed by atoms with E-state index in [4.69, 9.17) is 0 Å². The van der Waals surface area contributed by atoms with Crippen molar-refractivity contribution in [1.82, 2.24) is 0 Å². The number of hydrogen-bond acceptors (Lipinski definition) is 0. The van der Waals surface area contributed by atoms with Crippen LogP contribution < -0.4 is 0 Å². The molecule has 0 aliphatic rings.